The molecule has 0 bridgehead atoms. The third-order valence-electron chi connectivity index (χ3n) is 4.32. The minimum Gasteiger partial charge on any atom is -0.488 e. The number of hydrogen-bond donors (Lipinski definition) is 2. The lowest BCUT2D eigenvalue weighted by Gasteiger charge is -2.32. The zero-order chi connectivity index (χ0) is 13.1. The third-order valence-corrected chi connectivity index (χ3v) is 4.32. The van der Waals surface area contributed by atoms with Gasteiger partial charge in [-0.2, -0.15) is 0 Å². The first-order valence-electron chi connectivity index (χ1n) is 7.43. The van der Waals surface area contributed by atoms with Gasteiger partial charge in [0.15, 0.2) is 0 Å². The summed E-state index contributed by atoms with van der Waals surface area (Å²) in [6, 6.07) is 8.23. The number of nitrogens with one attached hydrogen (secondary N) is 1. The van der Waals surface area contributed by atoms with Gasteiger partial charge in [-0.05, 0) is 24.5 Å². The molecule has 2 aliphatic rings. The van der Waals surface area contributed by atoms with Crippen LogP contribution < -0.4 is 10.1 Å². The number of aliphatic hydroxyl groups is 1. The van der Waals surface area contributed by atoms with Crippen LogP contribution in [0.2, 0.25) is 0 Å². The summed E-state index contributed by atoms with van der Waals surface area (Å²) in [4.78, 5) is 0. The molecule has 3 heteroatoms. The molecule has 1 unspecified atom stereocenters. The first kappa shape index (κ1) is 12.9. The Bertz CT molecular complexity index is 402. The molecule has 3 rings (SSSR count). The molecular formula is C16H23NO2. The van der Waals surface area contributed by atoms with E-state index in [2.05, 4.69) is 17.4 Å². The van der Waals surface area contributed by atoms with Crippen molar-refractivity contribution in [2.24, 2.45) is 0 Å². The van der Waals surface area contributed by atoms with Crippen molar-refractivity contribution in [3.8, 4) is 5.75 Å². The highest BCUT2D eigenvalue weighted by molar-refractivity contribution is 5.37. The zero-order valence-electron chi connectivity index (χ0n) is 11.4. The predicted octanol–water partition coefficient (Wildman–Crippen LogP) is 2.27. The predicted molar refractivity (Wildman–Crippen MR) is 75.5 cm³/mol. The van der Waals surface area contributed by atoms with E-state index in [1.54, 1.807) is 0 Å². The SMILES string of the molecule is OC1(CNCC2Cc3ccccc3O2)CCCCC1. The van der Waals surface area contributed by atoms with Gasteiger partial charge in [0.05, 0.1) is 5.60 Å². The second-order valence-electron chi connectivity index (χ2n) is 5.97. The van der Waals surface area contributed by atoms with Gasteiger partial charge in [0.25, 0.3) is 0 Å². The van der Waals surface area contributed by atoms with Crippen molar-refractivity contribution < 1.29 is 9.84 Å². The number of ether oxygens (including phenoxy) is 1. The number of rotatable bonds is 4. The largest absolute Gasteiger partial charge is 0.488 e. The van der Waals surface area contributed by atoms with Crippen LogP contribution in [0.1, 0.15) is 37.7 Å². The van der Waals surface area contributed by atoms with Gasteiger partial charge in [-0.3, -0.25) is 0 Å². The molecule has 0 amide bonds. The second kappa shape index (κ2) is 5.51. The van der Waals surface area contributed by atoms with E-state index in [1.807, 2.05) is 12.1 Å². The Morgan fingerprint density at radius 1 is 1.21 bits per heavy atom. The summed E-state index contributed by atoms with van der Waals surface area (Å²) in [6.45, 7) is 1.51. The minimum absolute atomic E-state index is 0.213. The Labute approximate surface area is 115 Å². The van der Waals surface area contributed by atoms with E-state index in [-0.39, 0.29) is 6.10 Å². The van der Waals surface area contributed by atoms with Gasteiger partial charge in [-0.1, -0.05) is 37.5 Å². The van der Waals surface area contributed by atoms with E-state index >= 15 is 0 Å². The van der Waals surface area contributed by atoms with Crippen LogP contribution in [0.3, 0.4) is 0 Å². The van der Waals surface area contributed by atoms with Crippen molar-refractivity contribution >= 4 is 0 Å². The molecule has 3 nitrogen and oxygen atoms in total. The van der Waals surface area contributed by atoms with Crippen molar-refractivity contribution in [3.05, 3.63) is 29.8 Å². The molecule has 1 aliphatic heterocycles. The highest BCUT2D eigenvalue weighted by atomic mass is 16.5. The molecule has 0 saturated heterocycles. The number of hydrogen-bond acceptors (Lipinski definition) is 3. The Kier molecular flexibility index (Phi) is 3.76. The molecule has 1 aliphatic carbocycles. The first-order chi connectivity index (χ1) is 9.25. The molecule has 19 heavy (non-hydrogen) atoms. The van der Waals surface area contributed by atoms with Crippen molar-refractivity contribution in [1.82, 2.24) is 5.32 Å². The van der Waals surface area contributed by atoms with E-state index < -0.39 is 5.60 Å². The van der Waals surface area contributed by atoms with Crippen molar-refractivity contribution in [2.75, 3.05) is 13.1 Å². The normalized spacial score (nSPS) is 24.8. The molecule has 104 valence electrons. The second-order valence-corrected chi connectivity index (χ2v) is 5.97. The summed E-state index contributed by atoms with van der Waals surface area (Å²) >= 11 is 0. The fourth-order valence-electron chi connectivity index (χ4n) is 3.22. The van der Waals surface area contributed by atoms with Crippen LogP contribution in [0.5, 0.6) is 5.75 Å². The molecule has 0 aromatic heterocycles. The minimum atomic E-state index is -0.482. The average molecular weight is 261 g/mol. The summed E-state index contributed by atoms with van der Waals surface area (Å²) in [5.74, 6) is 1.02. The molecular weight excluding hydrogens is 238 g/mol. The summed E-state index contributed by atoms with van der Waals surface area (Å²) < 4.78 is 5.89. The molecule has 1 saturated carbocycles. The molecule has 2 N–H and O–H groups in total. The van der Waals surface area contributed by atoms with Gasteiger partial charge in [0, 0.05) is 19.5 Å². The van der Waals surface area contributed by atoms with E-state index in [0.717, 1.165) is 44.4 Å². The molecule has 1 aromatic carbocycles. The monoisotopic (exact) mass is 261 g/mol. The smallest absolute Gasteiger partial charge is 0.123 e. The van der Waals surface area contributed by atoms with E-state index in [0.29, 0.717) is 6.54 Å². The van der Waals surface area contributed by atoms with Gasteiger partial charge in [-0.15, -0.1) is 0 Å². The maximum atomic E-state index is 10.4. The summed E-state index contributed by atoms with van der Waals surface area (Å²) in [6.07, 6.45) is 6.64. The van der Waals surface area contributed by atoms with Gasteiger partial charge < -0.3 is 15.2 Å². The lowest BCUT2D eigenvalue weighted by Crippen LogP contribution is -2.44. The highest BCUT2D eigenvalue weighted by Crippen LogP contribution is 2.29. The van der Waals surface area contributed by atoms with Crippen molar-refractivity contribution in [1.29, 1.82) is 0 Å². The standard InChI is InChI=1S/C16H23NO2/c18-16(8-4-1-5-9-16)12-17-11-14-10-13-6-2-3-7-15(13)19-14/h2-3,6-7,14,17-18H,1,4-5,8-12H2. The Morgan fingerprint density at radius 2 is 2.00 bits per heavy atom. The van der Waals surface area contributed by atoms with Crippen LogP contribution in [0.4, 0.5) is 0 Å². The van der Waals surface area contributed by atoms with Gasteiger partial charge in [0.1, 0.15) is 11.9 Å². The molecule has 0 spiro atoms. The fourth-order valence-corrected chi connectivity index (χ4v) is 3.22. The molecule has 1 aromatic rings. The van der Waals surface area contributed by atoms with Crippen LogP contribution in [0.15, 0.2) is 24.3 Å². The molecule has 1 atom stereocenters. The van der Waals surface area contributed by atoms with Crippen LogP contribution in [0, 0.1) is 0 Å². The first-order valence-corrected chi connectivity index (χ1v) is 7.43. The van der Waals surface area contributed by atoms with Gasteiger partial charge >= 0.3 is 0 Å². The maximum Gasteiger partial charge on any atom is 0.123 e. The van der Waals surface area contributed by atoms with Crippen LogP contribution in [0.25, 0.3) is 0 Å². The Balaban J connectivity index is 1.44. The quantitative estimate of drug-likeness (QED) is 0.873. The highest BCUT2D eigenvalue weighted by Gasteiger charge is 2.29. The molecule has 1 heterocycles. The van der Waals surface area contributed by atoms with Crippen LogP contribution >= 0.6 is 0 Å². The zero-order valence-corrected chi connectivity index (χ0v) is 11.4. The third kappa shape index (κ3) is 3.10. The summed E-state index contributed by atoms with van der Waals surface area (Å²) in [5.41, 5.74) is 0.814. The maximum absolute atomic E-state index is 10.4. The summed E-state index contributed by atoms with van der Waals surface area (Å²) in [5, 5.41) is 13.8. The fraction of sp³-hybridized carbons (Fsp3) is 0.625. The number of benzene rings is 1. The Hall–Kier alpha value is -1.06. The molecule has 0 radical (unpaired) electrons. The Morgan fingerprint density at radius 3 is 2.79 bits per heavy atom. The van der Waals surface area contributed by atoms with E-state index in [1.165, 1.54) is 12.0 Å². The van der Waals surface area contributed by atoms with Crippen molar-refractivity contribution in [3.63, 3.8) is 0 Å². The molecule has 1 fully saturated rings. The number of para-hydroxylation sites is 1. The van der Waals surface area contributed by atoms with E-state index in [9.17, 15) is 5.11 Å². The topological polar surface area (TPSA) is 41.5 Å². The average Bonchev–Trinajstić information content (AvgIpc) is 2.82. The van der Waals surface area contributed by atoms with Gasteiger partial charge in [0.2, 0.25) is 0 Å². The van der Waals surface area contributed by atoms with Crippen LogP contribution in [-0.2, 0) is 6.42 Å². The lowest BCUT2D eigenvalue weighted by molar-refractivity contribution is 0.00352. The van der Waals surface area contributed by atoms with Crippen LogP contribution in [-0.4, -0.2) is 29.9 Å². The van der Waals surface area contributed by atoms with E-state index in [4.69, 9.17) is 4.74 Å². The van der Waals surface area contributed by atoms with Gasteiger partial charge in [-0.25, -0.2) is 0 Å². The lowest BCUT2D eigenvalue weighted by atomic mass is 9.85. The number of fused-ring (bicyclic) bond motifs is 1. The summed E-state index contributed by atoms with van der Waals surface area (Å²) in [7, 11) is 0. The van der Waals surface area contributed by atoms with Crippen molar-refractivity contribution in [2.45, 2.75) is 50.2 Å².